The summed E-state index contributed by atoms with van der Waals surface area (Å²) in [4.78, 5) is 3.94. The molecular weight excluding hydrogens is 362 g/mol. The fourth-order valence-corrected chi connectivity index (χ4v) is 2.86. The van der Waals surface area contributed by atoms with Crippen LogP contribution in [0.4, 0.5) is 5.69 Å². The molecule has 0 amide bonds. The van der Waals surface area contributed by atoms with E-state index in [1.54, 1.807) is 20.4 Å². The quantitative estimate of drug-likeness (QED) is 0.600. The summed E-state index contributed by atoms with van der Waals surface area (Å²) in [6.45, 7) is 0.715. The van der Waals surface area contributed by atoms with Crippen molar-refractivity contribution in [2.24, 2.45) is 0 Å². The third kappa shape index (κ3) is 4.98. The zero-order chi connectivity index (χ0) is 19.1. The van der Waals surface area contributed by atoms with Gasteiger partial charge in [0.25, 0.3) is 0 Å². The van der Waals surface area contributed by atoms with E-state index in [1.807, 2.05) is 36.4 Å². The molecule has 2 N–H and O–H groups in total. The van der Waals surface area contributed by atoms with E-state index < -0.39 is 0 Å². The Morgan fingerprint density at radius 2 is 2.04 bits per heavy atom. The number of oxazole rings is 1. The molecule has 0 aliphatic heterocycles. The van der Waals surface area contributed by atoms with E-state index in [2.05, 4.69) is 21.7 Å². The second kappa shape index (κ2) is 9.05. The molecule has 0 spiro atoms. The number of anilines is 1. The Balaban J connectivity index is 1.56. The van der Waals surface area contributed by atoms with Crippen LogP contribution >= 0.6 is 12.2 Å². The molecule has 1 heterocycles. The Morgan fingerprint density at radius 1 is 1.15 bits per heavy atom. The van der Waals surface area contributed by atoms with Crippen LogP contribution in [0.25, 0.3) is 11.3 Å². The topological polar surface area (TPSA) is 68.5 Å². The van der Waals surface area contributed by atoms with Gasteiger partial charge in [-0.05, 0) is 48.5 Å². The molecule has 3 rings (SSSR count). The normalized spacial score (nSPS) is 10.3. The lowest BCUT2D eigenvalue weighted by Gasteiger charge is -2.13. The average Bonchev–Trinajstić information content (AvgIpc) is 3.22. The molecule has 0 saturated heterocycles. The summed E-state index contributed by atoms with van der Waals surface area (Å²) in [6, 6.07) is 13.7. The Morgan fingerprint density at radius 3 is 2.78 bits per heavy atom. The zero-order valence-electron chi connectivity index (χ0n) is 15.2. The van der Waals surface area contributed by atoms with Crippen molar-refractivity contribution in [1.29, 1.82) is 0 Å². The molecule has 0 aliphatic carbocycles. The summed E-state index contributed by atoms with van der Waals surface area (Å²) >= 11 is 5.38. The molecule has 3 aromatic rings. The molecule has 0 aliphatic rings. The largest absolute Gasteiger partial charge is 0.497 e. The predicted molar refractivity (Wildman–Crippen MR) is 109 cm³/mol. The van der Waals surface area contributed by atoms with Gasteiger partial charge in [-0.25, -0.2) is 4.98 Å². The van der Waals surface area contributed by atoms with Gasteiger partial charge in [-0.15, -0.1) is 0 Å². The summed E-state index contributed by atoms with van der Waals surface area (Å²) in [7, 11) is 3.28. The number of nitrogens with one attached hydrogen (secondary N) is 2. The molecule has 6 nitrogen and oxygen atoms in total. The number of hydrogen-bond donors (Lipinski definition) is 2. The fourth-order valence-electron chi connectivity index (χ4n) is 2.64. The summed E-state index contributed by atoms with van der Waals surface area (Å²) < 4.78 is 16.0. The van der Waals surface area contributed by atoms with Crippen molar-refractivity contribution in [1.82, 2.24) is 10.3 Å². The lowest BCUT2D eigenvalue weighted by atomic mass is 10.1. The van der Waals surface area contributed by atoms with Crippen LogP contribution in [-0.4, -0.2) is 30.9 Å². The summed E-state index contributed by atoms with van der Waals surface area (Å²) in [6.07, 6.45) is 3.88. The lowest BCUT2D eigenvalue weighted by molar-refractivity contribution is 0.414. The lowest BCUT2D eigenvalue weighted by Crippen LogP contribution is -2.30. The van der Waals surface area contributed by atoms with E-state index in [4.69, 9.17) is 26.1 Å². The number of methoxy groups -OCH3 is 2. The average molecular weight is 383 g/mol. The minimum Gasteiger partial charge on any atom is -0.497 e. The number of nitrogens with zero attached hydrogens (tertiary/aromatic N) is 1. The van der Waals surface area contributed by atoms with E-state index in [1.165, 1.54) is 12.0 Å². The first kappa shape index (κ1) is 18.7. The molecule has 0 radical (unpaired) electrons. The molecular formula is C20H21N3O3S. The number of rotatable bonds is 7. The number of hydrogen-bond acceptors (Lipinski definition) is 5. The van der Waals surface area contributed by atoms with E-state index in [9.17, 15) is 0 Å². The first-order chi connectivity index (χ1) is 13.2. The zero-order valence-corrected chi connectivity index (χ0v) is 16.0. The van der Waals surface area contributed by atoms with Crippen LogP contribution in [0.2, 0.25) is 0 Å². The van der Waals surface area contributed by atoms with Crippen molar-refractivity contribution in [2.75, 3.05) is 26.1 Å². The molecule has 0 unspecified atom stereocenters. The highest BCUT2D eigenvalue weighted by Crippen LogP contribution is 2.32. The molecule has 1 aromatic heterocycles. The summed E-state index contributed by atoms with van der Waals surface area (Å²) in [5.41, 5.74) is 2.84. The fraction of sp³-hybridized carbons (Fsp3) is 0.200. The van der Waals surface area contributed by atoms with Gasteiger partial charge in [0.1, 0.15) is 11.5 Å². The van der Waals surface area contributed by atoms with Crippen LogP contribution in [0.15, 0.2) is 59.5 Å². The van der Waals surface area contributed by atoms with E-state index in [0.29, 0.717) is 23.2 Å². The molecule has 27 heavy (non-hydrogen) atoms. The monoisotopic (exact) mass is 383 g/mol. The first-order valence-electron chi connectivity index (χ1n) is 8.44. The van der Waals surface area contributed by atoms with Crippen molar-refractivity contribution in [3.05, 3.63) is 60.6 Å². The number of aromatic nitrogens is 1. The second-order valence-corrected chi connectivity index (χ2v) is 6.17. The van der Waals surface area contributed by atoms with Crippen LogP contribution in [0.1, 0.15) is 5.56 Å². The maximum absolute atomic E-state index is 5.45. The van der Waals surface area contributed by atoms with Gasteiger partial charge in [0.2, 0.25) is 0 Å². The highest BCUT2D eigenvalue weighted by atomic mass is 32.1. The van der Waals surface area contributed by atoms with Gasteiger partial charge in [-0.3, -0.25) is 0 Å². The third-order valence-electron chi connectivity index (χ3n) is 3.99. The molecule has 0 fully saturated rings. The summed E-state index contributed by atoms with van der Waals surface area (Å²) in [5, 5.41) is 6.92. The van der Waals surface area contributed by atoms with Gasteiger partial charge in [-0.1, -0.05) is 12.1 Å². The Labute approximate surface area is 163 Å². The van der Waals surface area contributed by atoms with Gasteiger partial charge < -0.3 is 24.5 Å². The molecule has 2 aromatic carbocycles. The Hall–Kier alpha value is -3.06. The Bertz CT molecular complexity index is 897. The minimum atomic E-state index is 0.548. The van der Waals surface area contributed by atoms with Crippen LogP contribution in [-0.2, 0) is 6.42 Å². The van der Waals surface area contributed by atoms with Crippen molar-refractivity contribution in [3.63, 3.8) is 0 Å². The predicted octanol–water partition coefficient (Wildman–Crippen LogP) is 3.89. The SMILES string of the molecule is COc1cccc(CCNC(=S)Nc2ccc(-c3cnco3)c(OC)c2)c1. The van der Waals surface area contributed by atoms with Gasteiger partial charge >= 0.3 is 0 Å². The molecule has 0 saturated carbocycles. The van der Waals surface area contributed by atoms with E-state index in [-0.39, 0.29) is 0 Å². The van der Waals surface area contributed by atoms with Crippen LogP contribution < -0.4 is 20.1 Å². The molecule has 0 bridgehead atoms. The number of thiocarbonyl (C=S) groups is 1. The van der Waals surface area contributed by atoms with Gasteiger partial charge in [0.15, 0.2) is 17.3 Å². The van der Waals surface area contributed by atoms with Gasteiger partial charge in [0, 0.05) is 18.3 Å². The highest BCUT2D eigenvalue weighted by molar-refractivity contribution is 7.80. The smallest absolute Gasteiger partial charge is 0.181 e. The minimum absolute atomic E-state index is 0.548. The standard InChI is InChI=1S/C20H21N3O3S/c1-24-16-5-3-4-14(10-16)8-9-22-20(27)23-15-6-7-17(18(11-15)25-2)19-12-21-13-26-19/h3-7,10-13H,8-9H2,1-2H3,(H2,22,23,27). The molecule has 7 heteroatoms. The number of benzene rings is 2. The van der Waals surface area contributed by atoms with E-state index >= 15 is 0 Å². The van der Waals surface area contributed by atoms with Crippen molar-refractivity contribution >= 4 is 23.0 Å². The molecule has 0 atom stereocenters. The van der Waals surface area contributed by atoms with Crippen molar-refractivity contribution in [2.45, 2.75) is 6.42 Å². The van der Waals surface area contributed by atoms with E-state index in [0.717, 1.165) is 23.4 Å². The number of ether oxygens (including phenoxy) is 2. The van der Waals surface area contributed by atoms with Crippen molar-refractivity contribution < 1.29 is 13.9 Å². The van der Waals surface area contributed by atoms with Gasteiger partial charge in [0.05, 0.1) is 26.0 Å². The summed E-state index contributed by atoms with van der Waals surface area (Å²) in [5.74, 6) is 2.18. The third-order valence-corrected chi connectivity index (χ3v) is 4.24. The molecule has 140 valence electrons. The highest BCUT2D eigenvalue weighted by Gasteiger charge is 2.10. The van der Waals surface area contributed by atoms with Crippen LogP contribution in [0.5, 0.6) is 11.5 Å². The first-order valence-corrected chi connectivity index (χ1v) is 8.85. The Kier molecular flexibility index (Phi) is 6.27. The van der Waals surface area contributed by atoms with Crippen molar-refractivity contribution in [3.8, 4) is 22.8 Å². The maximum Gasteiger partial charge on any atom is 0.181 e. The van der Waals surface area contributed by atoms with Gasteiger partial charge in [-0.2, -0.15) is 0 Å². The van der Waals surface area contributed by atoms with Crippen LogP contribution in [0, 0.1) is 0 Å². The van der Waals surface area contributed by atoms with Crippen LogP contribution in [0.3, 0.4) is 0 Å². The maximum atomic E-state index is 5.45. The second-order valence-electron chi connectivity index (χ2n) is 5.76.